The summed E-state index contributed by atoms with van der Waals surface area (Å²) < 4.78 is 10.7. The standard InChI is InChI=1S/C33H49N3O5/c1-32(2,3)40-30(38)35-24-28(36-31(39)41-33(4,5)6)18-13-23-34-29(37)27(21-19-25-14-9-7-10-15-25)22-20-26-16-11-8-12-17-26/h7-12,14-17,27-28H,13,18-24H2,1-6H3,(H,34,37)(H,35,38)(H,36,39). The lowest BCUT2D eigenvalue weighted by atomic mass is 9.92. The average molecular weight is 568 g/mol. The van der Waals surface area contributed by atoms with Gasteiger partial charge < -0.3 is 25.4 Å². The van der Waals surface area contributed by atoms with Crippen LogP contribution in [-0.2, 0) is 27.1 Å². The Morgan fingerprint density at radius 2 is 1.17 bits per heavy atom. The molecule has 2 aromatic carbocycles. The van der Waals surface area contributed by atoms with E-state index in [4.69, 9.17) is 9.47 Å². The third-order valence-electron chi connectivity index (χ3n) is 6.26. The highest BCUT2D eigenvalue weighted by Gasteiger charge is 2.22. The van der Waals surface area contributed by atoms with Crippen molar-refractivity contribution in [3.8, 4) is 0 Å². The molecule has 8 heteroatoms. The summed E-state index contributed by atoms with van der Waals surface area (Å²) in [6.07, 6.45) is 3.26. The quantitative estimate of drug-likeness (QED) is 0.236. The molecule has 0 aliphatic carbocycles. The van der Waals surface area contributed by atoms with Crippen LogP contribution in [-0.4, -0.2) is 48.4 Å². The fourth-order valence-corrected chi connectivity index (χ4v) is 4.30. The first-order valence-electron chi connectivity index (χ1n) is 14.6. The highest BCUT2D eigenvalue weighted by Crippen LogP contribution is 2.17. The lowest BCUT2D eigenvalue weighted by Gasteiger charge is -2.25. The van der Waals surface area contributed by atoms with E-state index in [0.717, 1.165) is 25.7 Å². The molecule has 1 unspecified atom stereocenters. The summed E-state index contributed by atoms with van der Waals surface area (Å²) >= 11 is 0. The first-order valence-corrected chi connectivity index (χ1v) is 14.6. The van der Waals surface area contributed by atoms with E-state index in [1.54, 1.807) is 41.5 Å². The summed E-state index contributed by atoms with van der Waals surface area (Å²) in [6.45, 7) is 11.4. The molecule has 3 amide bonds. The van der Waals surface area contributed by atoms with E-state index in [1.807, 2.05) is 36.4 Å². The van der Waals surface area contributed by atoms with Crippen molar-refractivity contribution < 1.29 is 23.9 Å². The second-order valence-corrected chi connectivity index (χ2v) is 12.4. The third-order valence-corrected chi connectivity index (χ3v) is 6.26. The minimum Gasteiger partial charge on any atom is -0.444 e. The summed E-state index contributed by atoms with van der Waals surface area (Å²) in [4.78, 5) is 37.8. The number of rotatable bonds is 14. The molecule has 2 rings (SSSR count). The molecular weight excluding hydrogens is 518 g/mol. The molecule has 41 heavy (non-hydrogen) atoms. The number of hydrogen-bond donors (Lipinski definition) is 3. The fraction of sp³-hybridized carbons (Fsp3) is 0.545. The lowest BCUT2D eigenvalue weighted by Crippen LogP contribution is -2.46. The highest BCUT2D eigenvalue weighted by molar-refractivity contribution is 5.78. The first kappa shape index (κ1) is 33.7. The Balaban J connectivity index is 1.92. The summed E-state index contributed by atoms with van der Waals surface area (Å²) in [7, 11) is 0. The second-order valence-electron chi connectivity index (χ2n) is 12.4. The Labute approximate surface area is 246 Å². The largest absolute Gasteiger partial charge is 0.444 e. The number of carbonyl (C=O) groups excluding carboxylic acids is 3. The molecule has 8 nitrogen and oxygen atoms in total. The number of benzene rings is 2. The molecule has 0 saturated heterocycles. The van der Waals surface area contributed by atoms with Crippen LogP contribution in [0, 0.1) is 5.92 Å². The zero-order chi connectivity index (χ0) is 30.3. The van der Waals surface area contributed by atoms with Gasteiger partial charge in [0.2, 0.25) is 5.91 Å². The van der Waals surface area contributed by atoms with E-state index in [1.165, 1.54) is 11.1 Å². The molecule has 1 atom stereocenters. The Hall–Kier alpha value is -3.55. The monoisotopic (exact) mass is 567 g/mol. The van der Waals surface area contributed by atoms with Gasteiger partial charge in [-0.3, -0.25) is 4.79 Å². The van der Waals surface area contributed by atoms with Gasteiger partial charge in [0, 0.05) is 25.0 Å². The van der Waals surface area contributed by atoms with Gasteiger partial charge in [-0.2, -0.15) is 0 Å². The van der Waals surface area contributed by atoms with Crippen molar-refractivity contribution in [2.45, 2.75) is 97.3 Å². The van der Waals surface area contributed by atoms with E-state index >= 15 is 0 Å². The van der Waals surface area contributed by atoms with Gasteiger partial charge in [-0.1, -0.05) is 60.7 Å². The zero-order valence-electron chi connectivity index (χ0n) is 25.6. The number of nitrogens with one attached hydrogen (secondary N) is 3. The molecule has 3 N–H and O–H groups in total. The predicted octanol–water partition coefficient (Wildman–Crippen LogP) is 6.18. The van der Waals surface area contributed by atoms with E-state index in [2.05, 4.69) is 40.2 Å². The number of aryl methyl sites for hydroxylation is 2. The van der Waals surface area contributed by atoms with E-state index in [0.29, 0.717) is 19.4 Å². The molecule has 226 valence electrons. The van der Waals surface area contributed by atoms with Crippen LogP contribution in [0.15, 0.2) is 60.7 Å². The van der Waals surface area contributed by atoms with Crippen LogP contribution in [0.1, 0.15) is 78.4 Å². The fourth-order valence-electron chi connectivity index (χ4n) is 4.30. The molecule has 0 bridgehead atoms. The Morgan fingerprint density at radius 1 is 0.683 bits per heavy atom. The smallest absolute Gasteiger partial charge is 0.407 e. The molecule has 0 aromatic heterocycles. The van der Waals surface area contributed by atoms with Crippen molar-refractivity contribution in [2.75, 3.05) is 13.1 Å². The topological polar surface area (TPSA) is 106 Å². The molecule has 0 heterocycles. The van der Waals surface area contributed by atoms with Crippen molar-refractivity contribution in [3.63, 3.8) is 0 Å². The molecule has 0 spiro atoms. The van der Waals surface area contributed by atoms with Gasteiger partial charge in [-0.15, -0.1) is 0 Å². The molecule has 0 fully saturated rings. The maximum atomic E-state index is 13.2. The van der Waals surface area contributed by atoms with Gasteiger partial charge in [-0.05, 0) is 91.2 Å². The number of ether oxygens (including phenoxy) is 2. The Bertz CT molecular complexity index is 1020. The second kappa shape index (κ2) is 16.7. The van der Waals surface area contributed by atoms with Crippen LogP contribution >= 0.6 is 0 Å². The summed E-state index contributed by atoms with van der Waals surface area (Å²) in [5.41, 5.74) is 1.17. The van der Waals surface area contributed by atoms with Crippen LogP contribution in [0.2, 0.25) is 0 Å². The van der Waals surface area contributed by atoms with E-state index in [9.17, 15) is 14.4 Å². The average Bonchev–Trinajstić information content (AvgIpc) is 2.88. The van der Waals surface area contributed by atoms with Gasteiger partial charge in [0.1, 0.15) is 11.2 Å². The van der Waals surface area contributed by atoms with E-state index < -0.39 is 23.4 Å². The number of alkyl carbamates (subject to hydrolysis) is 2. The van der Waals surface area contributed by atoms with Gasteiger partial charge >= 0.3 is 12.2 Å². The van der Waals surface area contributed by atoms with Gasteiger partial charge in [0.25, 0.3) is 0 Å². The molecular formula is C33H49N3O5. The molecule has 2 aromatic rings. The lowest BCUT2D eigenvalue weighted by molar-refractivity contribution is -0.125. The maximum Gasteiger partial charge on any atom is 0.407 e. The Kier molecular flexibility index (Phi) is 13.7. The van der Waals surface area contributed by atoms with Crippen LogP contribution in [0.5, 0.6) is 0 Å². The minimum atomic E-state index is -0.643. The van der Waals surface area contributed by atoms with Crippen LogP contribution in [0.25, 0.3) is 0 Å². The molecule has 0 radical (unpaired) electrons. The van der Waals surface area contributed by atoms with Crippen molar-refractivity contribution >= 4 is 18.1 Å². The maximum absolute atomic E-state index is 13.2. The normalized spacial score (nSPS) is 12.4. The first-order chi connectivity index (χ1) is 19.3. The third kappa shape index (κ3) is 15.7. The summed E-state index contributed by atoms with van der Waals surface area (Å²) in [5.74, 6) is -0.0691. The van der Waals surface area contributed by atoms with Crippen molar-refractivity contribution in [1.82, 2.24) is 16.0 Å². The van der Waals surface area contributed by atoms with Gasteiger partial charge in [0.15, 0.2) is 0 Å². The SMILES string of the molecule is CC(C)(C)OC(=O)NCC(CCCNC(=O)C(CCc1ccccc1)CCc1ccccc1)NC(=O)OC(C)(C)C. The van der Waals surface area contributed by atoms with Crippen molar-refractivity contribution in [2.24, 2.45) is 5.92 Å². The van der Waals surface area contributed by atoms with Crippen molar-refractivity contribution in [1.29, 1.82) is 0 Å². The predicted molar refractivity (Wildman–Crippen MR) is 163 cm³/mol. The molecule has 0 aliphatic heterocycles. The van der Waals surface area contributed by atoms with Crippen LogP contribution < -0.4 is 16.0 Å². The van der Waals surface area contributed by atoms with Gasteiger partial charge in [-0.25, -0.2) is 9.59 Å². The van der Waals surface area contributed by atoms with E-state index in [-0.39, 0.29) is 24.4 Å². The highest BCUT2D eigenvalue weighted by atomic mass is 16.6. The number of amides is 3. The minimum absolute atomic E-state index is 0.0420. The number of hydrogen-bond acceptors (Lipinski definition) is 5. The summed E-state index contributed by atoms with van der Waals surface area (Å²) in [5, 5.41) is 8.66. The van der Waals surface area contributed by atoms with Crippen LogP contribution in [0.3, 0.4) is 0 Å². The van der Waals surface area contributed by atoms with Gasteiger partial charge in [0.05, 0.1) is 0 Å². The summed E-state index contributed by atoms with van der Waals surface area (Å²) in [6, 6.07) is 20.1. The molecule has 0 saturated carbocycles. The van der Waals surface area contributed by atoms with Crippen molar-refractivity contribution in [3.05, 3.63) is 71.8 Å². The zero-order valence-corrected chi connectivity index (χ0v) is 25.6. The Morgan fingerprint density at radius 3 is 1.66 bits per heavy atom. The number of carbonyl (C=O) groups is 3. The molecule has 0 aliphatic rings. The van der Waals surface area contributed by atoms with Crippen LogP contribution in [0.4, 0.5) is 9.59 Å².